The molecule has 0 aromatic heterocycles. The van der Waals surface area contributed by atoms with Crippen LogP contribution in [0.25, 0.3) is 0 Å². The highest BCUT2D eigenvalue weighted by Crippen LogP contribution is 2.28. The lowest BCUT2D eigenvalue weighted by Gasteiger charge is -2.32. The van der Waals surface area contributed by atoms with Gasteiger partial charge in [-0.1, -0.05) is 56.3 Å². The Morgan fingerprint density at radius 1 is 1.09 bits per heavy atom. The fourth-order valence-corrected chi connectivity index (χ4v) is 4.01. The van der Waals surface area contributed by atoms with Crippen LogP contribution in [-0.2, 0) is 20.9 Å². The summed E-state index contributed by atoms with van der Waals surface area (Å²) in [5.74, 6) is -2.24. The van der Waals surface area contributed by atoms with Gasteiger partial charge < -0.3 is 10.6 Å². The first-order valence-corrected chi connectivity index (χ1v) is 10.8. The second kappa shape index (κ2) is 10.2. The standard InChI is InChI=1S/C25H29N3O4/c1-17(2)15-27(16-18-7-6-10-21(13-18)23(26)30)24(31)25(32)28-12-11-20(14-22(28)29)19-8-4-3-5-9-19/h3-10,13,17,20H,11-12,14-16H2,1-2H3,(H2,26,30). The molecule has 0 aliphatic carbocycles. The Kier molecular flexibility index (Phi) is 7.41. The van der Waals surface area contributed by atoms with E-state index in [1.54, 1.807) is 24.3 Å². The normalized spacial score (nSPS) is 16.2. The summed E-state index contributed by atoms with van der Waals surface area (Å²) in [6.45, 7) is 4.61. The van der Waals surface area contributed by atoms with Crippen LogP contribution in [0.5, 0.6) is 0 Å². The number of hydrogen-bond donors (Lipinski definition) is 1. The van der Waals surface area contributed by atoms with Crippen LogP contribution in [0.2, 0.25) is 0 Å². The minimum absolute atomic E-state index is 0.0474. The van der Waals surface area contributed by atoms with Crippen molar-refractivity contribution in [2.24, 2.45) is 11.7 Å². The lowest BCUT2D eigenvalue weighted by Crippen LogP contribution is -2.50. The summed E-state index contributed by atoms with van der Waals surface area (Å²) in [5.41, 5.74) is 7.44. The Balaban J connectivity index is 1.72. The molecule has 0 spiro atoms. The number of imide groups is 1. The van der Waals surface area contributed by atoms with E-state index in [-0.39, 0.29) is 37.3 Å². The maximum atomic E-state index is 13.1. The van der Waals surface area contributed by atoms with E-state index < -0.39 is 17.7 Å². The van der Waals surface area contributed by atoms with Crippen LogP contribution < -0.4 is 5.73 Å². The summed E-state index contributed by atoms with van der Waals surface area (Å²) in [7, 11) is 0. The van der Waals surface area contributed by atoms with E-state index in [2.05, 4.69) is 0 Å². The number of nitrogens with zero attached hydrogens (tertiary/aromatic N) is 2. The maximum absolute atomic E-state index is 13.1. The van der Waals surface area contributed by atoms with Gasteiger partial charge in [-0.2, -0.15) is 0 Å². The van der Waals surface area contributed by atoms with Crippen molar-refractivity contribution >= 4 is 23.6 Å². The summed E-state index contributed by atoms with van der Waals surface area (Å²) in [4.78, 5) is 52.8. The average Bonchev–Trinajstić information content (AvgIpc) is 2.78. The molecule has 1 aliphatic rings. The lowest BCUT2D eigenvalue weighted by molar-refractivity contribution is -0.158. The van der Waals surface area contributed by atoms with Crippen LogP contribution in [-0.4, -0.2) is 46.5 Å². The molecule has 168 valence electrons. The van der Waals surface area contributed by atoms with Gasteiger partial charge in [-0.25, -0.2) is 0 Å². The van der Waals surface area contributed by atoms with Crippen molar-refractivity contribution in [1.82, 2.24) is 9.80 Å². The summed E-state index contributed by atoms with van der Waals surface area (Å²) in [5, 5.41) is 0. The molecule has 0 radical (unpaired) electrons. The third-order valence-corrected chi connectivity index (χ3v) is 5.58. The molecule has 7 heteroatoms. The topological polar surface area (TPSA) is 101 Å². The second-order valence-corrected chi connectivity index (χ2v) is 8.60. The largest absolute Gasteiger partial charge is 0.366 e. The van der Waals surface area contributed by atoms with Gasteiger partial charge in [-0.3, -0.25) is 24.1 Å². The van der Waals surface area contributed by atoms with Gasteiger partial charge in [0.15, 0.2) is 0 Å². The van der Waals surface area contributed by atoms with Gasteiger partial charge in [0.2, 0.25) is 11.8 Å². The van der Waals surface area contributed by atoms with Crippen molar-refractivity contribution in [3.63, 3.8) is 0 Å². The first kappa shape index (κ1) is 23.2. The number of primary amides is 1. The highest BCUT2D eigenvalue weighted by atomic mass is 16.2. The van der Waals surface area contributed by atoms with Crippen LogP contribution in [0.4, 0.5) is 0 Å². The Bertz CT molecular complexity index is 1000. The molecule has 3 rings (SSSR count). The molecule has 1 fully saturated rings. The molecule has 2 aromatic carbocycles. The number of rotatable bonds is 6. The first-order valence-electron chi connectivity index (χ1n) is 10.8. The third kappa shape index (κ3) is 5.60. The Hall–Kier alpha value is -3.48. The predicted molar refractivity (Wildman–Crippen MR) is 120 cm³/mol. The molecule has 4 amide bonds. The molecule has 0 bridgehead atoms. The van der Waals surface area contributed by atoms with E-state index in [0.29, 0.717) is 24.1 Å². The molecule has 1 heterocycles. The monoisotopic (exact) mass is 435 g/mol. The lowest BCUT2D eigenvalue weighted by atomic mass is 9.89. The van der Waals surface area contributed by atoms with Gasteiger partial charge in [0.1, 0.15) is 0 Å². The number of benzene rings is 2. The quantitative estimate of drug-likeness (QED) is 0.705. The zero-order valence-corrected chi connectivity index (χ0v) is 18.5. The number of likely N-dealkylation sites (tertiary alicyclic amines) is 1. The van der Waals surface area contributed by atoms with Crippen LogP contribution in [0.1, 0.15) is 54.1 Å². The van der Waals surface area contributed by atoms with E-state index in [4.69, 9.17) is 5.73 Å². The van der Waals surface area contributed by atoms with Crippen molar-refractivity contribution in [1.29, 1.82) is 0 Å². The van der Waals surface area contributed by atoms with Gasteiger partial charge in [0.25, 0.3) is 0 Å². The highest BCUT2D eigenvalue weighted by molar-refractivity contribution is 6.37. The van der Waals surface area contributed by atoms with Gasteiger partial charge in [0.05, 0.1) is 0 Å². The van der Waals surface area contributed by atoms with Gasteiger partial charge in [-0.15, -0.1) is 0 Å². The van der Waals surface area contributed by atoms with Crippen molar-refractivity contribution in [3.05, 3.63) is 71.3 Å². The molecular formula is C25H29N3O4. The SMILES string of the molecule is CC(C)CN(Cc1cccc(C(N)=O)c1)C(=O)C(=O)N1CCC(c2ccccc2)CC1=O. The minimum Gasteiger partial charge on any atom is -0.366 e. The number of piperidine rings is 1. The maximum Gasteiger partial charge on any atom is 0.318 e. The van der Waals surface area contributed by atoms with E-state index in [9.17, 15) is 19.2 Å². The fourth-order valence-electron chi connectivity index (χ4n) is 4.01. The van der Waals surface area contributed by atoms with Crippen molar-refractivity contribution in [2.75, 3.05) is 13.1 Å². The molecule has 2 aromatic rings. The molecule has 1 unspecified atom stereocenters. The molecule has 7 nitrogen and oxygen atoms in total. The molecular weight excluding hydrogens is 406 g/mol. The zero-order chi connectivity index (χ0) is 23.3. The van der Waals surface area contributed by atoms with E-state index in [1.165, 1.54) is 4.90 Å². The second-order valence-electron chi connectivity index (χ2n) is 8.60. The van der Waals surface area contributed by atoms with E-state index >= 15 is 0 Å². The van der Waals surface area contributed by atoms with Crippen molar-refractivity contribution < 1.29 is 19.2 Å². The fraction of sp³-hybridized carbons (Fsp3) is 0.360. The molecule has 32 heavy (non-hydrogen) atoms. The molecule has 2 N–H and O–H groups in total. The van der Waals surface area contributed by atoms with Crippen LogP contribution in [0.15, 0.2) is 54.6 Å². The number of hydrogen-bond acceptors (Lipinski definition) is 4. The molecule has 1 aliphatic heterocycles. The zero-order valence-electron chi connectivity index (χ0n) is 18.5. The average molecular weight is 436 g/mol. The number of amides is 4. The Morgan fingerprint density at radius 3 is 2.44 bits per heavy atom. The minimum atomic E-state index is -0.798. The number of nitrogens with two attached hydrogens (primary N) is 1. The summed E-state index contributed by atoms with van der Waals surface area (Å²) >= 11 is 0. The third-order valence-electron chi connectivity index (χ3n) is 5.58. The summed E-state index contributed by atoms with van der Waals surface area (Å²) in [6.07, 6.45) is 0.827. The van der Waals surface area contributed by atoms with E-state index in [1.807, 2.05) is 44.2 Å². The van der Waals surface area contributed by atoms with Crippen LogP contribution in [0.3, 0.4) is 0 Å². The summed E-state index contributed by atoms with van der Waals surface area (Å²) in [6, 6.07) is 16.4. The van der Waals surface area contributed by atoms with Gasteiger partial charge in [0, 0.05) is 31.6 Å². The molecule has 1 saturated heterocycles. The highest BCUT2D eigenvalue weighted by Gasteiger charge is 2.35. The van der Waals surface area contributed by atoms with Gasteiger partial charge in [-0.05, 0) is 41.5 Å². The summed E-state index contributed by atoms with van der Waals surface area (Å²) < 4.78 is 0. The smallest absolute Gasteiger partial charge is 0.318 e. The molecule has 1 atom stereocenters. The van der Waals surface area contributed by atoms with E-state index in [0.717, 1.165) is 10.5 Å². The van der Waals surface area contributed by atoms with Crippen molar-refractivity contribution in [3.8, 4) is 0 Å². The van der Waals surface area contributed by atoms with Crippen LogP contribution >= 0.6 is 0 Å². The Morgan fingerprint density at radius 2 is 1.81 bits per heavy atom. The number of carbonyl (C=O) groups is 4. The Labute approximate surface area is 188 Å². The van der Waals surface area contributed by atoms with Crippen molar-refractivity contribution in [2.45, 2.75) is 39.2 Å². The molecule has 0 saturated carbocycles. The predicted octanol–water partition coefficient (Wildman–Crippen LogP) is 2.70. The van der Waals surface area contributed by atoms with Crippen LogP contribution in [0, 0.1) is 5.92 Å². The van der Waals surface area contributed by atoms with Gasteiger partial charge >= 0.3 is 11.8 Å². The first-order chi connectivity index (χ1) is 15.3. The number of carbonyl (C=O) groups excluding carboxylic acids is 4.